The Morgan fingerprint density at radius 2 is 2.00 bits per heavy atom. The summed E-state index contributed by atoms with van der Waals surface area (Å²) in [5.41, 5.74) is 1.66. The molecule has 0 aliphatic heterocycles. The fraction of sp³-hybridized carbons (Fsp3) is 0.214. The van der Waals surface area contributed by atoms with Gasteiger partial charge in [-0.1, -0.05) is 12.1 Å². The highest BCUT2D eigenvalue weighted by Gasteiger charge is 2.31. The highest BCUT2D eigenvalue weighted by atomic mass is 19.4. The molecule has 0 amide bonds. The van der Waals surface area contributed by atoms with E-state index in [-0.39, 0.29) is 5.75 Å². The fourth-order valence-electron chi connectivity index (χ4n) is 1.85. The van der Waals surface area contributed by atoms with Gasteiger partial charge < -0.3 is 9.84 Å². The van der Waals surface area contributed by atoms with E-state index in [2.05, 4.69) is 9.72 Å². The first-order chi connectivity index (χ1) is 9.37. The van der Waals surface area contributed by atoms with E-state index in [9.17, 15) is 18.3 Å². The van der Waals surface area contributed by atoms with Crippen LogP contribution in [0.15, 0.2) is 42.7 Å². The summed E-state index contributed by atoms with van der Waals surface area (Å²) in [4.78, 5) is 3.90. The predicted octanol–water partition coefficient (Wildman–Crippen LogP) is 3.37. The molecule has 1 N–H and O–H groups in total. The third-order valence-electron chi connectivity index (χ3n) is 2.77. The molecule has 106 valence electrons. The molecule has 1 atom stereocenters. The monoisotopic (exact) mass is 283 g/mol. The van der Waals surface area contributed by atoms with Gasteiger partial charge >= 0.3 is 6.36 Å². The number of rotatable bonds is 3. The third kappa shape index (κ3) is 3.48. The number of aliphatic hydroxyl groups excluding tert-OH is 1. The van der Waals surface area contributed by atoms with E-state index in [1.807, 2.05) is 0 Å². The number of nitrogens with zero attached hydrogens (tertiary/aromatic N) is 1. The lowest BCUT2D eigenvalue weighted by Gasteiger charge is -2.15. The van der Waals surface area contributed by atoms with Gasteiger partial charge in [0.1, 0.15) is 11.9 Å². The van der Waals surface area contributed by atoms with Crippen molar-refractivity contribution in [1.29, 1.82) is 0 Å². The number of aryl methyl sites for hydroxylation is 1. The Morgan fingerprint density at radius 3 is 2.65 bits per heavy atom. The molecule has 3 nitrogen and oxygen atoms in total. The number of hydrogen-bond acceptors (Lipinski definition) is 3. The second-order valence-electron chi connectivity index (χ2n) is 4.26. The molecule has 20 heavy (non-hydrogen) atoms. The van der Waals surface area contributed by atoms with Crippen molar-refractivity contribution < 1.29 is 23.0 Å². The Kier molecular flexibility index (Phi) is 3.94. The number of halogens is 3. The summed E-state index contributed by atoms with van der Waals surface area (Å²) >= 11 is 0. The molecule has 0 saturated carbocycles. The van der Waals surface area contributed by atoms with E-state index in [4.69, 9.17) is 0 Å². The molecule has 0 fully saturated rings. The topological polar surface area (TPSA) is 42.4 Å². The molecule has 6 heteroatoms. The SMILES string of the molecule is Cc1cnccc1C(O)c1cccc(OC(F)(F)F)c1. The molecule has 0 spiro atoms. The van der Waals surface area contributed by atoms with E-state index >= 15 is 0 Å². The first kappa shape index (κ1) is 14.3. The zero-order chi connectivity index (χ0) is 14.8. The van der Waals surface area contributed by atoms with Crippen LogP contribution in [0.3, 0.4) is 0 Å². The first-order valence-electron chi connectivity index (χ1n) is 5.81. The van der Waals surface area contributed by atoms with Crippen LogP contribution in [-0.4, -0.2) is 16.5 Å². The van der Waals surface area contributed by atoms with Gasteiger partial charge in [0, 0.05) is 12.4 Å². The number of hydrogen-bond donors (Lipinski definition) is 1. The number of pyridine rings is 1. The van der Waals surface area contributed by atoms with Gasteiger partial charge in [-0.25, -0.2) is 0 Å². The van der Waals surface area contributed by atoms with Crippen molar-refractivity contribution in [3.05, 3.63) is 59.4 Å². The largest absolute Gasteiger partial charge is 0.573 e. The van der Waals surface area contributed by atoms with Crippen molar-refractivity contribution in [1.82, 2.24) is 4.98 Å². The molecule has 0 radical (unpaired) electrons. The summed E-state index contributed by atoms with van der Waals surface area (Å²) in [7, 11) is 0. The Bertz CT molecular complexity index is 599. The number of aliphatic hydroxyl groups is 1. The molecule has 2 aromatic rings. The van der Waals surface area contributed by atoms with Crippen molar-refractivity contribution in [2.45, 2.75) is 19.4 Å². The summed E-state index contributed by atoms with van der Waals surface area (Å²) < 4.78 is 40.3. The van der Waals surface area contributed by atoms with Gasteiger partial charge in [0.15, 0.2) is 0 Å². The van der Waals surface area contributed by atoms with Gasteiger partial charge in [-0.15, -0.1) is 13.2 Å². The molecular formula is C14H12F3NO2. The minimum absolute atomic E-state index is 0.320. The molecule has 0 aliphatic rings. The van der Waals surface area contributed by atoms with Crippen molar-refractivity contribution in [3.63, 3.8) is 0 Å². The van der Waals surface area contributed by atoms with Crippen molar-refractivity contribution in [2.24, 2.45) is 0 Å². The summed E-state index contributed by atoms with van der Waals surface area (Å²) in [6, 6.07) is 6.91. The number of benzene rings is 1. The van der Waals surface area contributed by atoms with Crippen molar-refractivity contribution >= 4 is 0 Å². The molecule has 2 rings (SSSR count). The molecule has 1 heterocycles. The summed E-state index contributed by atoms with van der Waals surface area (Å²) in [6.45, 7) is 1.77. The summed E-state index contributed by atoms with van der Waals surface area (Å²) in [6.07, 6.45) is -2.69. The minimum atomic E-state index is -4.75. The predicted molar refractivity (Wildman–Crippen MR) is 66.2 cm³/mol. The van der Waals surface area contributed by atoms with Crippen LogP contribution in [0, 0.1) is 6.92 Å². The highest BCUT2D eigenvalue weighted by molar-refractivity contribution is 5.37. The molecule has 1 aromatic carbocycles. The Morgan fingerprint density at radius 1 is 1.25 bits per heavy atom. The maximum Gasteiger partial charge on any atom is 0.573 e. The zero-order valence-electron chi connectivity index (χ0n) is 10.6. The molecule has 0 aliphatic carbocycles. The van der Waals surface area contributed by atoms with Gasteiger partial charge in [-0.05, 0) is 41.8 Å². The maximum absolute atomic E-state index is 12.2. The lowest BCUT2D eigenvalue weighted by Crippen LogP contribution is -2.17. The molecular weight excluding hydrogens is 271 g/mol. The van der Waals surface area contributed by atoms with E-state index in [1.54, 1.807) is 19.2 Å². The van der Waals surface area contributed by atoms with Crippen LogP contribution in [0.1, 0.15) is 22.8 Å². The summed E-state index contributed by atoms with van der Waals surface area (Å²) in [5.74, 6) is -0.360. The zero-order valence-corrected chi connectivity index (χ0v) is 10.6. The van der Waals surface area contributed by atoms with Crippen LogP contribution in [0.4, 0.5) is 13.2 Å². The molecule has 1 aromatic heterocycles. The Hall–Kier alpha value is -2.08. The van der Waals surface area contributed by atoms with Crippen LogP contribution in [0.5, 0.6) is 5.75 Å². The van der Waals surface area contributed by atoms with E-state index in [1.165, 1.54) is 24.4 Å². The minimum Gasteiger partial charge on any atom is -0.406 e. The number of ether oxygens (including phenoxy) is 1. The second kappa shape index (κ2) is 5.50. The van der Waals surface area contributed by atoms with Crippen molar-refractivity contribution in [2.75, 3.05) is 0 Å². The van der Waals surface area contributed by atoms with Gasteiger partial charge in [-0.2, -0.15) is 0 Å². The fourth-order valence-corrected chi connectivity index (χ4v) is 1.85. The van der Waals surface area contributed by atoms with Gasteiger partial charge in [0.2, 0.25) is 0 Å². The first-order valence-corrected chi connectivity index (χ1v) is 5.81. The molecule has 0 bridgehead atoms. The van der Waals surface area contributed by atoms with Gasteiger partial charge in [-0.3, -0.25) is 4.98 Å². The highest BCUT2D eigenvalue weighted by Crippen LogP contribution is 2.29. The van der Waals surface area contributed by atoms with Crippen LogP contribution in [-0.2, 0) is 0 Å². The van der Waals surface area contributed by atoms with Crippen LogP contribution in [0.2, 0.25) is 0 Å². The molecule has 0 saturated heterocycles. The van der Waals surface area contributed by atoms with Crippen LogP contribution >= 0.6 is 0 Å². The number of alkyl halides is 3. The van der Waals surface area contributed by atoms with E-state index in [0.29, 0.717) is 11.1 Å². The Balaban J connectivity index is 2.29. The average molecular weight is 283 g/mol. The number of aromatic nitrogens is 1. The lowest BCUT2D eigenvalue weighted by molar-refractivity contribution is -0.274. The average Bonchev–Trinajstić information content (AvgIpc) is 2.37. The van der Waals surface area contributed by atoms with Crippen molar-refractivity contribution in [3.8, 4) is 5.75 Å². The summed E-state index contributed by atoms with van der Waals surface area (Å²) in [5, 5.41) is 10.2. The Labute approximate surface area is 113 Å². The third-order valence-corrected chi connectivity index (χ3v) is 2.77. The maximum atomic E-state index is 12.2. The quantitative estimate of drug-likeness (QED) is 0.939. The van der Waals surface area contributed by atoms with Gasteiger partial charge in [0.05, 0.1) is 0 Å². The van der Waals surface area contributed by atoms with Crippen LogP contribution < -0.4 is 4.74 Å². The second-order valence-corrected chi connectivity index (χ2v) is 4.26. The lowest BCUT2D eigenvalue weighted by atomic mass is 9.99. The van der Waals surface area contributed by atoms with E-state index in [0.717, 1.165) is 11.6 Å². The smallest absolute Gasteiger partial charge is 0.406 e. The normalized spacial score (nSPS) is 13.1. The molecule has 1 unspecified atom stereocenters. The van der Waals surface area contributed by atoms with E-state index < -0.39 is 12.5 Å². The standard InChI is InChI=1S/C14H12F3NO2/c1-9-8-18-6-5-12(9)13(19)10-3-2-4-11(7-10)20-14(15,16)17/h2-8,13,19H,1H3. The van der Waals surface area contributed by atoms with Gasteiger partial charge in [0.25, 0.3) is 0 Å². The van der Waals surface area contributed by atoms with Crippen LogP contribution in [0.25, 0.3) is 0 Å².